The van der Waals surface area contributed by atoms with Crippen molar-refractivity contribution in [2.24, 2.45) is 0 Å². The number of alkyl halides is 4. The molecule has 0 spiro atoms. The maximum Gasteiger partial charge on any atom is 0.421 e. The smallest absolute Gasteiger partial charge is 0.421 e. The van der Waals surface area contributed by atoms with E-state index in [1.54, 1.807) is 20.8 Å². The first-order chi connectivity index (χ1) is 16.0. The number of ketones is 1. The summed E-state index contributed by atoms with van der Waals surface area (Å²) in [5.41, 5.74) is -4.78. The lowest BCUT2D eigenvalue weighted by atomic mass is 9.85. The van der Waals surface area contributed by atoms with Crippen LogP contribution in [-0.4, -0.2) is 46.4 Å². The van der Waals surface area contributed by atoms with Gasteiger partial charge in [-0.05, 0) is 50.1 Å². The van der Waals surface area contributed by atoms with Gasteiger partial charge in [-0.25, -0.2) is 9.18 Å². The summed E-state index contributed by atoms with van der Waals surface area (Å²) >= 11 is 11.6. The number of ether oxygens (including phenoxy) is 1. The van der Waals surface area contributed by atoms with E-state index in [0.29, 0.717) is 5.56 Å². The maximum atomic E-state index is 14.3. The highest BCUT2D eigenvalue weighted by Crippen LogP contribution is 2.44. The Kier molecular flexibility index (Phi) is 7.47. The molecule has 1 saturated heterocycles. The zero-order valence-corrected chi connectivity index (χ0v) is 20.5. The largest absolute Gasteiger partial charge is 0.444 e. The fourth-order valence-electron chi connectivity index (χ4n) is 3.72. The molecule has 0 bridgehead atoms. The molecule has 2 aromatic rings. The second kappa shape index (κ2) is 9.59. The number of nitrogens with zero attached hydrogens (tertiary/aromatic N) is 1. The molecule has 35 heavy (non-hydrogen) atoms. The fourth-order valence-corrected chi connectivity index (χ4v) is 4.24. The Bertz CT molecular complexity index is 1100. The van der Waals surface area contributed by atoms with E-state index in [1.807, 2.05) is 0 Å². The molecule has 0 aromatic heterocycles. The maximum absolute atomic E-state index is 14.3. The molecule has 1 aliphatic rings. The molecule has 1 heterocycles. The number of hydrogen-bond acceptors (Lipinski definition) is 4. The van der Waals surface area contributed by atoms with Gasteiger partial charge in [0.05, 0.1) is 19.0 Å². The minimum absolute atomic E-state index is 0.136. The van der Waals surface area contributed by atoms with Crippen LogP contribution in [0, 0.1) is 0 Å². The van der Waals surface area contributed by atoms with Crippen LogP contribution >= 0.6 is 23.2 Å². The van der Waals surface area contributed by atoms with Crippen molar-refractivity contribution in [2.45, 2.75) is 56.8 Å². The highest BCUT2D eigenvalue weighted by Gasteiger charge is 2.56. The van der Waals surface area contributed by atoms with Crippen molar-refractivity contribution in [2.75, 3.05) is 6.54 Å². The summed E-state index contributed by atoms with van der Waals surface area (Å²) in [5, 5.41) is 10.3. The van der Waals surface area contributed by atoms with Crippen molar-refractivity contribution in [1.82, 2.24) is 4.90 Å². The molecule has 3 unspecified atom stereocenters. The lowest BCUT2D eigenvalue weighted by Crippen LogP contribution is -2.55. The molecule has 3 atom stereocenters. The van der Waals surface area contributed by atoms with Gasteiger partial charge in [0.1, 0.15) is 11.8 Å². The predicted molar refractivity (Wildman–Crippen MR) is 122 cm³/mol. The fraction of sp³-hybridized carbons (Fsp3) is 0.417. The zero-order valence-electron chi connectivity index (χ0n) is 19.0. The molecule has 1 amide bonds. The second-order valence-corrected chi connectivity index (χ2v) is 10.2. The van der Waals surface area contributed by atoms with Gasteiger partial charge in [-0.2, -0.15) is 13.2 Å². The number of amides is 1. The summed E-state index contributed by atoms with van der Waals surface area (Å²) in [4.78, 5) is 26.2. The predicted octanol–water partition coefficient (Wildman–Crippen LogP) is 6.65. The average molecular weight is 536 g/mol. The zero-order chi connectivity index (χ0) is 26.3. The van der Waals surface area contributed by atoms with Crippen LogP contribution in [0.2, 0.25) is 10.0 Å². The molecule has 190 valence electrons. The molecule has 3 rings (SSSR count). The van der Waals surface area contributed by atoms with E-state index in [0.717, 1.165) is 12.1 Å². The molecule has 5 nitrogen and oxygen atoms in total. The van der Waals surface area contributed by atoms with Crippen molar-refractivity contribution >= 4 is 35.1 Å². The van der Waals surface area contributed by atoms with Crippen LogP contribution in [0.1, 0.15) is 54.7 Å². The first-order valence-corrected chi connectivity index (χ1v) is 11.3. The number of hydrogen-bond donors (Lipinski definition) is 1. The minimum Gasteiger partial charge on any atom is -0.444 e. The van der Waals surface area contributed by atoms with Crippen molar-refractivity contribution in [1.29, 1.82) is 0 Å². The van der Waals surface area contributed by atoms with Crippen molar-refractivity contribution in [3.63, 3.8) is 0 Å². The standard InChI is InChI=1S/C24H23Cl2F4NO4/c1-22(2,3)35-21(33)31-12-18(27)20(31)14-6-4-13(5-7-14)19(32)11-23(34,24(28,29)30)15-8-16(25)10-17(26)9-15/h4-10,18,20,34H,11-12H2,1-3H3. The first kappa shape index (κ1) is 27.2. The number of rotatable bonds is 5. The van der Waals surface area contributed by atoms with E-state index in [2.05, 4.69) is 0 Å². The number of carbonyl (C=O) groups is 2. The average Bonchev–Trinajstić information content (AvgIpc) is 2.69. The van der Waals surface area contributed by atoms with Gasteiger partial charge < -0.3 is 9.84 Å². The number of halogens is 6. The number of aliphatic hydroxyl groups is 1. The normalized spacial score (nSPS) is 20.1. The Morgan fingerprint density at radius 1 is 1.06 bits per heavy atom. The van der Waals surface area contributed by atoms with E-state index in [1.165, 1.54) is 35.2 Å². The van der Waals surface area contributed by atoms with Crippen LogP contribution in [0.25, 0.3) is 0 Å². The summed E-state index contributed by atoms with van der Waals surface area (Å²) in [6.07, 6.45) is -8.61. The monoisotopic (exact) mass is 535 g/mol. The molecule has 1 aliphatic heterocycles. The van der Waals surface area contributed by atoms with Gasteiger partial charge in [-0.3, -0.25) is 9.69 Å². The van der Waals surface area contributed by atoms with Crippen LogP contribution in [-0.2, 0) is 10.3 Å². The third-order valence-electron chi connectivity index (χ3n) is 5.48. The van der Waals surface area contributed by atoms with Crippen LogP contribution < -0.4 is 0 Å². The highest BCUT2D eigenvalue weighted by molar-refractivity contribution is 6.34. The molecular weight excluding hydrogens is 513 g/mol. The number of Topliss-reactive ketones (excluding diaryl/α,β-unsaturated/α-hetero) is 1. The summed E-state index contributed by atoms with van der Waals surface area (Å²) in [6.45, 7) is 4.85. The van der Waals surface area contributed by atoms with Gasteiger partial charge in [0.2, 0.25) is 0 Å². The Morgan fingerprint density at radius 3 is 2.06 bits per heavy atom. The van der Waals surface area contributed by atoms with Crippen molar-refractivity contribution in [3.05, 3.63) is 69.2 Å². The first-order valence-electron chi connectivity index (χ1n) is 10.5. The Morgan fingerprint density at radius 2 is 1.60 bits per heavy atom. The molecule has 1 N–H and O–H groups in total. The van der Waals surface area contributed by atoms with Gasteiger partial charge in [0.15, 0.2) is 11.4 Å². The lowest BCUT2D eigenvalue weighted by Gasteiger charge is -2.44. The van der Waals surface area contributed by atoms with Gasteiger partial charge in [0.25, 0.3) is 0 Å². The summed E-state index contributed by atoms with van der Waals surface area (Å²) < 4.78 is 61.1. The Labute approximate surface area is 209 Å². The highest BCUT2D eigenvalue weighted by atomic mass is 35.5. The van der Waals surface area contributed by atoms with Crippen molar-refractivity contribution in [3.8, 4) is 0 Å². The van der Waals surface area contributed by atoms with Gasteiger partial charge in [-0.1, -0.05) is 47.5 Å². The number of benzene rings is 2. The topological polar surface area (TPSA) is 66.8 Å². The van der Waals surface area contributed by atoms with Gasteiger partial charge in [0, 0.05) is 15.6 Å². The lowest BCUT2D eigenvalue weighted by molar-refractivity contribution is -0.264. The molecule has 0 radical (unpaired) electrons. The van der Waals surface area contributed by atoms with E-state index in [4.69, 9.17) is 27.9 Å². The summed E-state index contributed by atoms with van der Waals surface area (Å²) in [5.74, 6) is -1.01. The quantitative estimate of drug-likeness (QED) is 0.344. The minimum atomic E-state index is -5.21. The Hall–Kier alpha value is -2.36. The van der Waals surface area contributed by atoms with Crippen LogP contribution in [0.4, 0.5) is 22.4 Å². The SMILES string of the molecule is CC(C)(C)OC(=O)N1CC(F)C1c1ccc(C(=O)CC(O)(c2cc(Cl)cc(Cl)c2)C(F)(F)F)cc1. The van der Waals surface area contributed by atoms with E-state index in [-0.39, 0.29) is 22.2 Å². The molecule has 1 fully saturated rings. The molecule has 11 heteroatoms. The summed E-state index contributed by atoms with van der Waals surface area (Å²) in [7, 11) is 0. The van der Waals surface area contributed by atoms with Crippen LogP contribution in [0.3, 0.4) is 0 Å². The molecule has 2 aromatic carbocycles. The van der Waals surface area contributed by atoms with E-state index < -0.39 is 53.5 Å². The van der Waals surface area contributed by atoms with E-state index >= 15 is 0 Å². The van der Waals surface area contributed by atoms with Gasteiger partial charge in [-0.15, -0.1) is 0 Å². The van der Waals surface area contributed by atoms with Crippen LogP contribution in [0.5, 0.6) is 0 Å². The number of carbonyl (C=O) groups excluding carboxylic acids is 2. The van der Waals surface area contributed by atoms with Crippen molar-refractivity contribution < 1.29 is 37.0 Å². The molecule has 0 saturated carbocycles. The number of likely N-dealkylation sites (tertiary alicyclic amines) is 1. The third kappa shape index (κ3) is 5.90. The second-order valence-electron chi connectivity index (χ2n) is 9.33. The van der Waals surface area contributed by atoms with Crippen LogP contribution in [0.15, 0.2) is 42.5 Å². The van der Waals surface area contributed by atoms with E-state index in [9.17, 15) is 32.3 Å². The van der Waals surface area contributed by atoms with Gasteiger partial charge >= 0.3 is 12.3 Å². The third-order valence-corrected chi connectivity index (χ3v) is 5.91. The molecular formula is C24H23Cl2F4NO4. The Balaban J connectivity index is 1.82. The molecule has 0 aliphatic carbocycles. The summed E-state index contributed by atoms with van der Waals surface area (Å²) in [6, 6.07) is 7.17.